The molecule has 0 unspecified atom stereocenters. The van der Waals surface area contributed by atoms with Crippen molar-refractivity contribution >= 4 is 11.7 Å². The normalized spacial score (nSPS) is 23.3. The molecule has 0 atom stereocenters. The van der Waals surface area contributed by atoms with Gasteiger partial charge in [0.15, 0.2) is 0 Å². The van der Waals surface area contributed by atoms with Gasteiger partial charge in [-0.05, 0) is 52.7 Å². The number of nitrogens with zero attached hydrogens (tertiary/aromatic N) is 2. The Hall–Kier alpha value is -1.66. The Bertz CT molecular complexity index is 608. The van der Waals surface area contributed by atoms with Crippen LogP contribution in [0.2, 0.25) is 0 Å². The molecule has 6 nitrogen and oxygen atoms in total. The van der Waals surface area contributed by atoms with Crippen molar-refractivity contribution in [2.45, 2.75) is 57.7 Å². The monoisotopic (exact) mass is 346 g/mol. The molecule has 0 aliphatic carbocycles. The summed E-state index contributed by atoms with van der Waals surface area (Å²) in [5, 5.41) is 6.90. The van der Waals surface area contributed by atoms with E-state index < -0.39 is 0 Å². The fourth-order valence-corrected chi connectivity index (χ4v) is 4.29. The maximum absolute atomic E-state index is 13.0. The molecular formula is C19H30N4O2. The van der Waals surface area contributed by atoms with E-state index in [1.54, 1.807) is 6.20 Å². The van der Waals surface area contributed by atoms with E-state index in [0.29, 0.717) is 18.8 Å². The number of rotatable bonds is 3. The minimum Gasteiger partial charge on any atom is -0.378 e. The average Bonchev–Trinajstić information content (AvgIpc) is 2.52. The molecule has 3 heterocycles. The van der Waals surface area contributed by atoms with E-state index in [1.165, 1.54) is 0 Å². The SMILES string of the molecule is CC1(C)CC(NC(=O)c2cccnc2N2CCOCC2)CC(C)(C)N1. The molecule has 3 rings (SSSR count). The topological polar surface area (TPSA) is 66.5 Å². The van der Waals surface area contributed by atoms with Crippen LogP contribution in [0.1, 0.15) is 50.9 Å². The minimum absolute atomic E-state index is 0.00166. The fraction of sp³-hybridized carbons (Fsp3) is 0.684. The molecule has 0 aromatic carbocycles. The number of hydrogen-bond donors (Lipinski definition) is 2. The first-order chi connectivity index (χ1) is 11.8. The molecule has 2 aliphatic heterocycles. The zero-order valence-electron chi connectivity index (χ0n) is 15.8. The van der Waals surface area contributed by atoms with E-state index >= 15 is 0 Å². The van der Waals surface area contributed by atoms with Crippen molar-refractivity contribution in [3.63, 3.8) is 0 Å². The van der Waals surface area contributed by atoms with Gasteiger partial charge in [0, 0.05) is 36.4 Å². The summed E-state index contributed by atoms with van der Waals surface area (Å²) in [5.41, 5.74) is 0.655. The van der Waals surface area contributed by atoms with Crippen LogP contribution >= 0.6 is 0 Å². The molecule has 2 N–H and O–H groups in total. The summed E-state index contributed by atoms with van der Waals surface area (Å²) in [6.07, 6.45) is 3.57. The molecule has 0 radical (unpaired) electrons. The van der Waals surface area contributed by atoms with Gasteiger partial charge in [0.1, 0.15) is 5.82 Å². The van der Waals surface area contributed by atoms with Crippen LogP contribution in [-0.4, -0.2) is 54.3 Å². The Balaban J connectivity index is 1.75. The second kappa shape index (κ2) is 6.92. The zero-order chi connectivity index (χ0) is 18.1. The van der Waals surface area contributed by atoms with Gasteiger partial charge in [0.2, 0.25) is 0 Å². The van der Waals surface area contributed by atoms with Crippen molar-refractivity contribution in [1.29, 1.82) is 0 Å². The number of carbonyl (C=O) groups excluding carboxylic acids is 1. The quantitative estimate of drug-likeness (QED) is 0.876. The number of piperidine rings is 1. The van der Waals surface area contributed by atoms with Gasteiger partial charge in [0.25, 0.3) is 5.91 Å². The summed E-state index contributed by atoms with van der Waals surface area (Å²) in [5.74, 6) is 0.726. The lowest BCUT2D eigenvalue weighted by Gasteiger charge is -2.46. The second-order valence-corrected chi connectivity index (χ2v) is 8.45. The summed E-state index contributed by atoms with van der Waals surface area (Å²) in [7, 11) is 0. The maximum Gasteiger partial charge on any atom is 0.255 e. The number of ether oxygens (including phenoxy) is 1. The van der Waals surface area contributed by atoms with Crippen LogP contribution in [0.5, 0.6) is 0 Å². The highest BCUT2D eigenvalue weighted by atomic mass is 16.5. The number of carbonyl (C=O) groups is 1. The van der Waals surface area contributed by atoms with E-state index in [2.05, 4.69) is 48.2 Å². The molecule has 0 saturated carbocycles. The van der Waals surface area contributed by atoms with E-state index in [1.807, 2.05) is 12.1 Å². The van der Waals surface area contributed by atoms with Crippen molar-refractivity contribution in [2.24, 2.45) is 0 Å². The van der Waals surface area contributed by atoms with Gasteiger partial charge in [-0.1, -0.05) is 0 Å². The van der Waals surface area contributed by atoms with Gasteiger partial charge in [-0.3, -0.25) is 4.79 Å². The van der Waals surface area contributed by atoms with E-state index in [0.717, 1.165) is 31.7 Å². The third-order valence-corrected chi connectivity index (χ3v) is 4.87. The van der Waals surface area contributed by atoms with Gasteiger partial charge in [-0.25, -0.2) is 4.98 Å². The second-order valence-electron chi connectivity index (χ2n) is 8.45. The third-order valence-electron chi connectivity index (χ3n) is 4.87. The predicted molar refractivity (Wildman–Crippen MR) is 99.1 cm³/mol. The Kier molecular flexibility index (Phi) is 5.02. The van der Waals surface area contributed by atoms with Gasteiger partial charge >= 0.3 is 0 Å². The Morgan fingerprint density at radius 3 is 2.52 bits per heavy atom. The zero-order valence-corrected chi connectivity index (χ0v) is 15.8. The summed E-state index contributed by atoms with van der Waals surface area (Å²) in [6, 6.07) is 3.84. The van der Waals surface area contributed by atoms with Gasteiger partial charge in [-0.2, -0.15) is 0 Å². The van der Waals surface area contributed by atoms with Crippen molar-refractivity contribution in [1.82, 2.24) is 15.6 Å². The molecule has 1 amide bonds. The average molecular weight is 346 g/mol. The number of pyridine rings is 1. The first kappa shape index (κ1) is 18.1. The van der Waals surface area contributed by atoms with Crippen molar-refractivity contribution in [2.75, 3.05) is 31.2 Å². The standard InChI is InChI=1S/C19H30N4O2/c1-18(2)12-14(13-19(3,4)22-18)21-17(24)15-6-5-7-20-16(15)23-8-10-25-11-9-23/h5-7,14,22H,8-13H2,1-4H3,(H,21,24). The molecule has 2 aliphatic rings. The summed E-state index contributed by atoms with van der Waals surface area (Å²) in [4.78, 5) is 19.6. The van der Waals surface area contributed by atoms with Crippen molar-refractivity contribution in [3.8, 4) is 0 Å². The highest BCUT2D eigenvalue weighted by molar-refractivity contribution is 5.99. The van der Waals surface area contributed by atoms with E-state index in [4.69, 9.17) is 4.74 Å². The summed E-state index contributed by atoms with van der Waals surface area (Å²) in [6.45, 7) is 11.7. The molecule has 1 aromatic rings. The molecule has 6 heteroatoms. The van der Waals surface area contributed by atoms with Crippen LogP contribution in [0.3, 0.4) is 0 Å². The molecule has 0 bridgehead atoms. The molecular weight excluding hydrogens is 316 g/mol. The first-order valence-electron chi connectivity index (χ1n) is 9.14. The number of hydrogen-bond acceptors (Lipinski definition) is 5. The van der Waals surface area contributed by atoms with Gasteiger partial charge in [-0.15, -0.1) is 0 Å². The lowest BCUT2D eigenvalue weighted by Crippen LogP contribution is -2.62. The molecule has 138 valence electrons. The summed E-state index contributed by atoms with van der Waals surface area (Å²) < 4.78 is 5.41. The molecule has 1 aromatic heterocycles. The Morgan fingerprint density at radius 2 is 1.88 bits per heavy atom. The number of aromatic nitrogens is 1. The number of nitrogens with one attached hydrogen (secondary N) is 2. The van der Waals surface area contributed by atoms with Gasteiger partial charge < -0.3 is 20.3 Å². The number of anilines is 1. The van der Waals surface area contributed by atoms with Crippen LogP contribution in [0.15, 0.2) is 18.3 Å². The highest BCUT2D eigenvalue weighted by Crippen LogP contribution is 2.29. The Labute approximate surface area is 150 Å². The fourth-order valence-electron chi connectivity index (χ4n) is 4.29. The van der Waals surface area contributed by atoms with Crippen LogP contribution < -0.4 is 15.5 Å². The van der Waals surface area contributed by atoms with Crippen LogP contribution in [0.25, 0.3) is 0 Å². The largest absolute Gasteiger partial charge is 0.378 e. The molecule has 2 fully saturated rings. The highest BCUT2D eigenvalue weighted by Gasteiger charge is 2.38. The molecule has 25 heavy (non-hydrogen) atoms. The summed E-state index contributed by atoms with van der Waals surface area (Å²) >= 11 is 0. The van der Waals surface area contributed by atoms with Crippen LogP contribution in [-0.2, 0) is 4.74 Å². The predicted octanol–water partition coefficient (Wildman–Crippen LogP) is 1.96. The van der Waals surface area contributed by atoms with E-state index in [-0.39, 0.29) is 23.0 Å². The first-order valence-corrected chi connectivity index (χ1v) is 9.14. The van der Waals surface area contributed by atoms with Crippen LogP contribution in [0, 0.1) is 0 Å². The molecule has 2 saturated heterocycles. The maximum atomic E-state index is 13.0. The van der Waals surface area contributed by atoms with Gasteiger partial charge in [0.05, 0.1) is 18.8 Å². The van der Waals surface area contributed by atoms with Crippen molar-refractivity contribution in [3.05, 3.63) is 23.9 Å². The number of amides is 1. The lowest BCUT2D eigenvalue weighted by atomic mass is 9.79. The molecule has 0 spiro atoms. The number of morpholine rings is 1. The minimum atomic E-state index is -0.0342. The van der Waals surface area contributed by atoms with Crippen molar-refractivity contribution < 1.29 is 9.53 Å². The van der Waals surface area contributed by atoms with Crippen LogP contribution in [0.4, 0.5) is 5.82 Å². The lowest BCUT2D eigenvalue weighted by molar-refractivity contribution is 0.0871. The van der Waals surface area contributed by atoms with E-state index in [9.17, 15) is 4.79 Å². The smallest absolute Gasteiger partial charge is 0.255 e. The third kappa shape index (κ3) is 4.50. The Morgan fingerprint density at radius 1 is 1.24 bits per heavy atom.